The zero-order valence-corrected chi connectivity index (χ0v) is 18.5. The molecule has 1 aliphatic heterocycles. The molecule has 140 valence electrons. The standard InChI is InChI=1S/C18H26BrFN4.HI/c1-21-18(22-11-13-10-14(20)6-7-17(13)19)23-15-8-9-24(12-15)16-4-2-3-5-16;/h6-7,10,15-16H,2-5,8-9,11-12H2,1H3,(H2,21,22,23);1H. The number of halogens is 3. The van der Waals surface area contributed by atoms with Crippen LogP contribution < -0.4 is 10.6 Å². The Bertz CT molecular complexity index is 592. The van der Waals surface area contributed by atoms with Gasteiger partial charge >= 0.3 is 0 Å². The lowest BCUT2D eigenvalue weighted by Crippen LogP contribution is -2.45. The molecule has 1 heterocycles. The molecule has 2 aliphatic rings. The van der Waals surface area contributed by atoms with E-state index >= 15 is 0 Å². The molecule has 0 spiro atoms. The molecule has 1 aromatic rings. The Morgan fingerprint density at radius 2 is 2.08 bits per heavy atom. The maximum atomic E-state index is 13.4. The lowest BCUT2D eigenvalue weighted by molar-refractivity contribution is 0.242. The first-order valence-electron chi connectivity index (χ1n) is 8.81. The first-order valence-corrected chi connectivity index (χ1v) is 9.60. The van der Waals surface area contributed by atoms with Gasteiger partial charge in [-0.2, -0.15) is 0 Å². The molecule has 0 aromatic heterocycles. The third-order valence-electron chi connectivity index (χ3n) is 5.08. The second-order valence-corrected chi connectivity index (χ2v) is 7.58. The first-order chi connectivity index (χ1) is 11.7. The van der Waals surface area contributed by atoms with Gasteiger partial charge in [0.15, 0.2) is 5.96 Å². The average Bonchev–Trinajstić information content (AvgIpc) is 3.25. The number of nitrogens with one attached hydrogen (secondary N) is 2. The highest BCUT2D eigenvalue weighted by atomic mass is 127. The van der Waals surface area contributed by atoms with Crippen LogP contribution in [0.3, 0.4) is 0 Å². The van der Waals surface area contributed by atoms with Crippen LogP contribution in [-0.4, -0.2) is 43.1 Å². The second kappa shape index (κ2) is 10.1. The number of aliphatic imine (C=N–C) groups is 1. The van der Waals surface area contributed by atoms with Gasteiger partial charge in [0.1, 0.15) is 5.82 Å². The van der Waals surface area contributed by atoms with Gasteiger partial charge in [0.05, 0.1) is 0 Å². The number of guanidine groups is 1. The summed E-state index contributed by atoms with van der Waals surface area (Å²) in [5, 5.41) is 6.80. The smallest absolute Gasteiger partial charge is 0.191 e. The second-order valence-electron chi connectivity index (χ2n) is 6.72. The van der Waals surface area contributed by atoms with E-state index in [4.69, 9.17) is 0 Å². The van der Waals surface area contributed by atoms with Gasteiger partial charge in [0, 0.05) is 43.2 Å². The summed E-state index contributed by atoms with van der Waals surface area (Å²) >= 11 is 3.46. The number of nitrogens with zero attached hydrogens (tertiary/aromatic N) is 2. The van der Waals surface area contributed by atoms with Crippen LogP contribution in [0.4, 0.5) is 4.39 Å². The molecule has 7 heteroatoms. The van der Waals surface area contributed by atoms with E-state index in [0.717, 1.165) is 35.0 Å². The molecule has 4 nitrogen and oxygen atoms in total. The molecule has 0 bridgehead atoms. The Hall–Kier alpha value is -0.410. The van der Waals surface area contributed by atoms with Crippen LogP contribution in [0.1, 0.15) is 37.7 Å². The molecule has 2 N–H and O–H groups in total. The van der Waals surface area contributed by atoms with Crippen molar-refractivity contribution < 1.29 is 4.39 Å². The molecule has 1 aliphatic carbocycles. The van der Waals surface area contributed by atoms with E-state index in [-0.39, 0.29) is 29.8 Å². The fraction of sp³-hybridized carbons (Fsp3) is 0.611. The van der Waals surface area contributed by atoms with Crippen molar-refractivity contribution in [2.45, 2.75) is 50.7 Å². The van der Waals surface area contributed by atoms with Crippen molar-refractivity contribution in [3.8, 4) is 0 Å². The van der Waals surface area contributed by atoms with Crippen LogP contribution in [0.2, 0.25) is 0 Å². The number of likely N-dealkylation sites (tertiary alicyclic amines) is 1. The van der Waals surface area contributed by atoms with Crippen LogP contribution in [0.5, 0.6) is 0 Å². The Kier molecular flexibility index (Phi) is 8.41. The van der Waals surface area contributed by atoms with E-state index in [1.165, 1.54) is 38.3 Å². The van der Waals surface area contributed by atoms with Crippen molar-refractivity contribution in [3.05, 3.63) is 34.1 Å². The molecule has 1 saturated heterocycles. The van der Waals surface area contributed by atoms with E-state index in [2.05, 4.69) is 36.5 Å². The van der Waals surface area contributed by atoms with E-state index < -0.39 is 0 Å². The average molecular weight is 525 g/mol. The molecule has 1 saturated carbocycles. The summed E-state index contributed by atoms with van der Waals surface area (Å²) in [4.78, 5) is 6.93. The lowest BCUT2D eigenvalue weighted by Gasteiger charge is -2.24. The van der Waals surface area contributed by atoms with Crippen molar-refractivity contribution in [1.82, 2.24) is 15.5 Å². The van der Waals surface area contributed by atoms with E-state index in [9.17, 15) is 4.39 Å². The minimum atomic E-state index is -0.221. The zero-order chi connectivity index (χ0) is 16.9. The molecule has 0 amide bonds. The summed E-state index contributed by atoms with van der Waals surface area (Å²) in [5.74, 6) is 0.561. The number of benzene rings is 1. The minimum Gasteiger partial charge on any atom is -0.352 e. The normalized spacial score (nSPS) is 22.0. The highest BCUT2D eigenvalue weighted by Crippen LogP contribution is 2.26. The van der Waals surface area contributed by atoms with Gasteiger partial charge < -0.3 is 10.6 Å². The minimum absolute atomic E-state index is 0. The van der Waals surface area contributed by atoms with Crippen LogP contribution >= 0.6 is 39.9 Å². The van der Waals surface area contributed by atoms with Gasteiger partial charge in [-0.3, -0.25) is 9.89 Å². The van der Waals surface area contributed by atoms with Gasteiger partial charge in [-0.1, -0.05) is 28.8 Å². The van der Waals surface area contributed by atoms with Crippen molar-refractivity contribution in [2.75, 3.05) is 20.1 Å². The quantitative estimate of drug-likeness (QED) is 0.356. The zero-order valence-electron chi connectivity index (χ0n) is 14.6. The predicted octanol–water partition coefficient (Wildman–Crippen LogP) is 3.89. The lowest BCUT2D eigenvalue weighted by atomic mass is 10.2. The van der Waals surface area contributed by atoms with Gasteiger partial charge in [-0.15, -0.1) is 24.0 Å². The summed E-state index contributed by atoms with van der Waals surface area (Å²) in [6.45, 7) is 2.81. The summed E-state index contributed by atoms with van der Waals surface area (Å²) in [5.41, 5.74) is 0.886. The number of hydrogen-bond donors (Lipinski definition) is 2. The largest absolute Gasteiger partial charge is 0.352 e. The molecule has 1 atom stereocenters. The van der Waals surface area contributed by atoms with Crippen LogP contribution in [0, 0.1) is 5.82 Å². The molecule has 0 radical (unpaired) electrons. The Morgan fingerprint density at radius 3 is 2.80 bits per heavy atom. The SMILES string of the molecule is CN=C(NCc1cc(F)ccc1Br)NC1CCN(C2CCCC2)C1.I. The van der Waals surface area contributed by atoms with Crippen molar-refractivity contribution >= 4 is 45.9 Å². The summed E-state index contributed by atoms with van der Waals surface area (Å²) in [6, 6.07) is 5.96. The molecular weight excluding hydrogens is 498 g/mol. The Labute approximate surface area is 175 Å². The topological polar surface area (TPSA) is 39.7 Å². The summed E-state index contributed by atoms with van der Waals surface area (Å²) in [7, 11) is 1.78. The van der Waals surface area contributed by atoms with Crippen LogP contribution in [0.15, 0.2) is 27.7 Å². The molecule has 1 unspecified atom stereocenters. The highest BCUT2D eigenvalue weighted by Gasteiger charge is 2.30. The van der Waals surface area contributed by atoms with E-state index in [0.29, 0.717) is 12.6 Å². The molecule has 25 heavy (non-hydrogen) atoms. The predicted molar refractivity (Wildman–Crippen MR) is 115 cm³/mol. The van der Waals surface area contributed by atoms with E-state index in [1.807, 2.05) is 0 Å². The van der Waals surface area contributed by atoms with Crippen molar-refractivity contribution in [1.29, 1.82) is 0 Å². The Balaban J connectivity index is 0.00000225. The van der Waals surface area contributed by atoms with Gasteiger partial charge in [-0.05, 0) is 43.0 Å². The highest BCUT2D eigenvalue weighted by molar-refractivity contribution is 14.0. The maximum absolute atomic E-state index is 13.4. The summed E-state index contributed by atoms with van der Waals surface area (Å²) < 4.78 is 14.3. The fourth-order valence-corrected chi connectivity index (χ4v) is 4.14. The van der Waals surface area contributed by atoms with Gasteiger partial charge in [-0.25, -0.2) is 4.39 Å². The molecular formula is C18H27BrFIN4. The van der Waals surface area contributed by atoms with Crippen molar-refractivity contribution in [2.24, 2.45) is 4.99 Å². The van der Waals surface area contributed by atoms with Crippen LogP contribution in [0.25, 0.3) is 0 Å². The van der Waals surface area contributed by atoms with E-state index in [1.54, 1.807) is 19.2 Å². The molecule has 3 rings (SSSR count). The van der Waals surface area contributed by atoms with Crippen LogP contribution in [-0.2, 0) is 6.54 Å². The Morgan fingerprint density at radius 1 is 1.32 bits per heavy atom. The summed E-state index contributed by atoms with van der Waals surface area (Å²) in [6.07, 6.45) is 6.62. The maximum Gasteiger partial charge on any atom is 0.191 e. The van der Waals surface area contributed by atoms with Crippen molar-refractivity contribution in [3.63, 3.8) is 0 Å². The third-order valence-corrected chi connectivity index (χ3v) is 5.85. The third kappa shape index (κ3) is 5.79. The fourth-order valence-electron chi connectivity index (χ4n) is 3.75. The number of hydrogen-bond acceptors (Lipinski definition) is 2. The first kappa shape index (κ1) is 20.9. The monoisotopic (exact) mass is 524 g/mol. The van der Waals surface area contributed by atoms with Gasteiger partial charge in [0.2, 0.25) is 0 Å². The molecule has 2 fully saturated rings. The van der Waals surface area contributed by atoms with Gasteiger partial charge in [0.25, 0.3) is 0 Å². The number of rotatable bonds is 4. The molecule has 1 aromatic carbocycles.